The molecule has 13 heavy (non-hydrogen) atoms. The van der Waals surface area contributed by atoms with E-state index in [1.165, 1.54) is 0 Å². The molecule has 0 bridgehead atoms. The van der Waals surface area contributed by atoms with E-state index in [-0.39, 0.29) is 4.87 Å². The summed E-state index contributed by atoms with van der Waals surface area (Å²) < 4.78 is 0. The minimum Gasteiger partial charge on any atom is -0.264 e. The second-order valence-corrected chi connectivity index (χ2v) is 3.63. The first-order chi connectivity index (χ1) is 6.25. The molecule has 0 aromatic carbocycles. The molecule has 0 unspecified atom stereocenters. The Morgan fingerprint density at radius 1 is 1.46 bits per heavy atom. The van der Waals surface area contributed by atoms with Crippen LogP contribution in [0.3, 0.4) is 0 Å². The molecule has 4 nitrogen and oxygen atoms in total. The monoisotopic (exact) mass is 193 g/mol. The van der Waals surface area contributed by atoms with E-state index in [9.17, 15) is 4.79 Å². The molecular weight excluding hydrogens is 186 g/mol. The van der Waals surface area contributed by atoms with Crippen molar-refractivity contribution in [1.29, 1.82) is 0 Å². The van der Waals surface area contributed by atoms with Gasteiger partial charge in [0, 0.05) is 18.0 Å². The van der Waals surface area contributed by atoms with Gasteiger partial charge in [-0.15, -0.1) is 0 Å². The largest absolute Gasteiger partial charge is 0.322 e. The van der Waals surface area contributed by atoms with Gasteiger partial charge in [0.05, 0.1) is 0 Å². The number of pyridine rings is 1. The number of hydrogen-bond donors (Lipinski definition) is 1. The van der Waals surface area contributed by atoms with E-state index >= 15 is 0 Å². The molecule has 0 aliphatic rings. The maximum absolute atomic E-state index is 10.8. The molecule has 0 saturated carbocycles. The van der Waals surface area contributed by atoms with Gasteiger partial charge in [-0.1, -0.05) is 11.3 Å². The fraction of sp³-hybridized carbons (Fsp3) is 0.125. The molecule has 0 atom stereocenters. The maximum Gasteiger partial charge on any atom is 0.322 e. The number of nitrogens with one attached hydrogen (secondary N) is 1. The summed E-state index contributed by atoms with van der Waals surface area (Å²) in [6.07, 6.45) is 3.46. The van der Waals surface area contributed by atoms with E-state index in [1.807, 2.05) is 13.0 Å². The van der Waals surface area contributed by atoms with Gasteiger partial charge in [-0.25, -0.2) is 5.10 Å². The number of rotatable bonds is 1. The van der Waals surface area contributed by atoms with Gasteiger partial charge in [-0.05, 0) is 18.6 Å². The van der Waals surface area contributed by atoms with Gasteiger partial charge in [-0.2, -0.15) is 5.10 Å². The molecule has 2 rings (SSSR count). The Bertz CT molecular complexity index is 474. The molecule has 0 saturated heterocycles. The van der Waals surface area contributed by atoms with Crippen LogP contribution in [0.4, 0.5) is 0 Å². The van der Waals surface area contributed by atoms with Crippen LogP contribution in [0.25, 0.3) is 10.6 Å². The lowest BCUT2D eigenvalue weighted by molar-refractivity contribution is 1.06. The Hall–Kier alpha value is -1.49. The third-order valence-corrected chi connectivity index (χ3v) is 2.36. The van der Waals surface area contributed by atoms with Gasteiger partial charge >= 0.3 is 4.87 Å². The van der Waals surface area contributed by atoms with E-state index < -0.39 is 0 Å². The Morgan fingerprint density at radius 2 is 2.31 bits per heavy atom. The molecule has 2 aromatic heterocycles. The Morgan fingerprint density at radius 3 is 2.92 bits per heavy atom. The molecule has 5 heteroatoms. The van der Waals surface area contributed by atoms with Gasteiger partial charge in [-0.3, -0.25) is 9.78 Å². The van der Waals surface area contributed by atoms with Crippen LogP contribution >= 0.6 is 11.3 Å². The van der Waals surface area contributed by atoms with Crippen molar-refractivity contribution in [3.63, 3.8) is 0 Å². The molecule has 1 N–H and O–H groups in total. The second kappa shape index (κ2) is 3.10. The van der Waals surface area contributed by atoms with Gasteiger partial charge in [0.2, 0.25) is 0 Å². The van der Waals surface area contributed by atoms with Crippen LogP contribution in [-0.4, -0.2) is 15.2 Å². The predicted molar refractivity (Wildman–Crippen MR) is 50.7 cm³/mol. The molecule has 0 fully saturated rings. The summed E-state index contributed by atoms with van der Waals surface area (Å²) in [6.45, 7) is 1.95. The summed E-state index contributed by atoms with van der Waals surface area (Å²) in [5.74, 6) is 0. The van der Waals surface area contributed by atoms with E-state index in [1.54, 1.807) is 12.4 Å². The summed E-state index contributed by atoms with van der Waals surface area (Å²) in [6, 6.07) is 1.94. The number of nitrogens with zero attached hydrogens (tertiary/aromatic N) is 2. The van der Waals surface area contributed by atoms with Crippen LogP contribution in [0.1, 0.15) is 5.56 Å². The number of aromatic nitrogens is 3. The summed E-state index contributed by atoms with van der Waals surface area (Å²) in [4.78, 5) is 14.7. The first-order valence-corrected chi connectivity index (χ1v) is 4.55. The minimum absolute atomic E-state index is 0.142. The highest BCUT2D eigenvalue weighted by Crippen LogP contribution is 2.17. The minimum atomic E-state index is -0.142. The van der Waals surface area contributed by atoms with E-state index in [4.69, 9.17) is 0 Å². The molecule has 66 valence electrons. The highest BCUT2D eigenvalue weighted by molar-refractivity contribution is 7.12. The van der Waals surface area contributed by atoms with Crippen molar-refractivity contribution in [2.75, 3.05) is 0 Å². The lowest BCUT2D eigenvalue weighted by Crippen LogP contribution is -1.90. The number of H-pyrrole nitrogens is 1. The SMILES string of the molecule is Cc1cncc(-c2n[nH]c(=O)s2)c1. The topological polar surface area (TPSA) is 58.6 Å². The second-order valence-electron chi connectivity index (χ2n) is 2.67. The van der Waals surface area contributed by atoms with Gasteiger partial charge in [0.15, 0.2) is 0 Å². The Kier molecular flexibility index (Phi) is 1.94. The molecule has 0 radical (unpaired) electrons. The zero-order valence-corrected chi connectivity index (χ0v) is 7.76. The van der Waals surface area contributed by atoms with Gasteiger partial charge < -0.3 is 0 Å². The predicted octanol–water partition coefficient (Wildman–Crippen LogP) is 1.20. The third-order valence-electron chi connectivity index (χ3n) is 1.56. The lowest BCUT2D eigenvalue weighted by Gasteiger charge is -1.94. The van der Waals surface area contributed by atoms with Crippen LogP contribution in [0, 0.1) is 6.92 Å². The highest BCUT2D eigenvalue weighted by atomic mass is 32.1. The van der Waals surface area contributed by atoms with E-state index in [2.05, 4.69) is 15.2 Å². The summed E-state index contributed by atoms with van der Waals surface area (Å²) in [5, 5.41) is 6.92. The fourth-order valence-electron chi connectivity index (χ4n) is 1.03. The molecule has 0 spiro atoms. The van der Waals surface area contributed by atoms with Crippen molar-refractivity contribution in [3.8, 4) is 10.6 Å². The molecule has 0 amide bonds. The lowest BCUT2D eigenvalue weighted by atomic mass is 10.2. The van der Waals surface area contributed by atoms with Crippen molar-refractivity contribution < 1.29 is 0 Å². The van der Waals surface area contributed by atoms with Crippen LogP contribution in [0.2, 0.25) is 0 Å². The molecular formula is C8H7N3OS. The van der Waals surface area contributed by atoms with Crippen LogP contribution in [-0.2, 0) is 0 Å². The number of aryl methyl sites for hydroxylation is 1. The first-order valence-electron chi connectivity index (χ1n) is 3.73. The molecule has 2 heterocycles. The normalized spacial score (nSPS) is 10.2. The summed E-state index contributed by atoms with van der Waals surface area (Å²) in [7, 11) is 0. The average Bonchev–Trinajstić information content (AvgIpc) is 2.52. The Labute approximate surface area is 78.3 Å². The van der Waals surface area contributed by atoms with Crippen molar-refractivity contribution in [2.24, 2.45) is 0 Å². The van der Waals surface area contributed by atoms with Crippen molar-refractivity contribution >= 4 is 11.3 Å². The van der Waals surface area contributed by atoms with E-state index in [0.29, 0.717) is 5.01 Å². The number of aromatic amines is 1. The molecule has 0 aliphatic heterocycles. The number of hydrogen-bond acceptors (Lipinski definition) is 4. The van der Waals surface area contributed by atoms with Crippen molar-refractivity contribution in [2.45, 2.75) is 6.92 Å². The van der Waals surface area contributed by atoms with Crippen molar-refractivity contribution in [1.82, 2.24) is 15.2 Å². The molecule has 2 aromatic rings. The molecule has 0 aliphatic carbocycles. The summed E-state index contributed by atoms with van der Waals surface area (Å²) >= 11 is 1.09. The highest BCUT2D eigenvalue weighted by Gasteiger charge is 2.02. The zero-order chi connectivity index (χ0) is 9.26. The standard InChI is InChI=1S/C8H7N3OS/c1-5-2-6(4-9-3-5)7-10-11-8(12)13-7/h2-4H,1H3,(H,11,12). The smallest absolute Gasteiger partial charge is 0.264 e. The maximum atomic E-state index is 10.8. The fourth-order valence-corrected chi connectivity index (χ4v) is 1.61. The van der Waals surface area contributed by atoms with E-state index in [0.717, 1.165) is 22.5 Å². The zero-order valence-electron chi connectivity index (χ0n) is 6.94. The van der Waals surface area contributed by atoms with Gasteiger partial charge in [0.1, 0.15) is 5.01 Å². The quantitative estimate of drug-likeness (QED) is 0.740. The third kappa shape index (κ3) is 1.65. The first kappa shape index (κ1) is 8.12. The van der Waals surface area contributed by atoms with Crippen LogP contribution < -0.4 is 4.87 Å². The average molecular weight is 193 g/mol. The van der Waals surface area contributed by atoms with Crippen LogP contribution in [0.15, 0.2) is 23.3 Å². The summed E-state index contributed by atoms with van der Waals surface area (Å²) in [5.41, 5.74) is 1.93. The van der Waals surface area contributed by atoms with Crippen molar-refractivity contribution in [3.05, 3.63) is 33.7 Å². The Balaban J connectivity index is 2.52. The van der Waals surface area contributed by atoms with Crippen LogP contribution in [0.5, 0.6) is 0 Å². The van der Waals surface area contributed by atoms with Gasteiger partial charge in [0.25, 0.3) is 0 Å².